The third-order valence-electron chi connectivity index (χ3n) is 5.92. The molecule has 1 saturated carbocycles. The number of phenols is 1. The van der Waals surface area contributed by atoms with Crippen molar-refractivity contribution >= 4 is 17.4 Å². The lowest BCUT2D eigenvalue weighted by molar-refractivity contribution is -0.151. The highest BCUT2D eigenvalue weighted by Gasteiger charge is 2.72. The van der Waals surface area contributed by atoms with Crippen molar-refractivity contribution in [2.24, 2.45) is 0 Å². The molecular weight excluding hydrogens is 376 g/mol. The summed E-state index contributed by atoms with van der Waals surface area (Å²) < 4.78 is 6.39. The average Bonchev–Trinajstić information content (AvgIpc) is 3.09. The normalized spacial score (nSPS) is 27.9. The topological polar surface area (TPSA) is 66.8 Å². The molecule has 0 aromatic heterocycles. The van der Waals surface area contributed by atoms with Crippen LogP contribution in [0.5, 0.6) is 11.5 Å². The standard InChI is InChI=1S/C23H17ClO4/c24-16-8-6-15(7-9-16)23-19(14-4-2-1-3-5-14)13-21(26)22(23,27)18-11-10-17(25)12-20(18)28-23/h1-12,19,25,27H,13H2/t19-,22-,23-/m0/s1. The number of benzene rings is 3. The molecule has 0 bridgehead atoms. The van der Waals surface area contributed by atoms with E-state index >= 15 is 0 Å². The van der Waals surface area contributed by atoms with Crippen LogP contribution in [0.4, 0.5) is 0 Å². The first-order valence-electron chi connectivity index (χ1n) is 9.06. The lowest BCUT2D eigenvalue weighted by atomic mass is 9.71. The summed E-state index contributed by atoms with van der Waals surface area (Å²) in [5.74, 6) is -0.383. The highest BCUT2D eigenvalue weighted by Crippen LogP contribution is 2.65. The van der Waals surface area contributed by atoms with E-state index in [2.05, 4.69) is 0 Å². The maximum atomic E-state index is 13.2. The van der Waals surface area contributed by atoms with E-state index in [4.69, 9.17) is 16.3 Å². The fourth-order valence-corrected chi connectivity index (χ4v) is 4.83. The summed E-state index contributed by atoms with van der Waals surface area (Å²) in [6.07, 6.45) is 0.142. The summed E-state index contributed by atoms with van der Waals surface area (Å²) in [6, 6.07) is 21.1. The van der Waals surface area contributed by atoms with Crippen LogP contribution in [0.15, 0.2) is 72.8 Å². The Balaban J connectivity index is 1.82. The summed E-state index contributed by atoms with van der Waals surface area (Å²) in [5, 5.41) is 22.3. The summed E-state index contributed by atoms with van der Waals surface area (Å²) in [7, 11) is 0. The van der Waals surface area contributed by atoms with Gasteiger partial charge < -0.3 is 14.9 Å². The van der Waals surface area contributed by atoms with E-state index in [-0.39, 0.29) is 18.0 Å². The zero-order chi connectivity index (χ0) is 19.5. The summed E-state index contributed by atoms with van der Waals surface area (Å²) in [5.41, 5.74) is -1.26. The van der Waals surface area contributed by atoms with Crippen molar-refractivity contribution in [2.75, 3.05) is 0 Å². The quantitative estimate of drug-likeness (QED) is 0.683. The third kappa shape index (κ3) is 2.07. The predicted molar refractivity (Wildman–Crippen MR) is 105 cm³/mol. The number of fused-ring (bicyclic) bond motifs is 3. The molecule has 5 heteroatoms. The van der Waals surface area contributed by atoms with Crippen molar-refractivity contribution in [1.82, 2.24) is 0 Å². The maximum Gasteiger partial charge on any atom is 0.196 e. The Morgan fingerprint density at radius 3 is 2.43 bits per heavy atom. The zero-order valence-corrected chi connectivity index (χ0v) is 15.6. The molecule has 0 spiro atoms. The van der Waals surface area contributed by atoms with Gasteiger partial charge in [-0.25, -0.2) is 0 Å². The molecule has 0 saturated heterocycles. The van der Waals surface area contributed by atoms with Crippen LogP contribution in [0.3, 0.4) is 0 Å². The molecule has 2 N–H and O–H groups in total. The number of hydrogen-bond acceptors (Lipinski definition) is 4. The Morgan fingerprint density at radius 2 is 1.71 bits per heavy atom. The number of halogens is 1. The molecule has 3 atom stereocenters. The molecule has 3 aromatic rings. The number of aromatic hydroxyl groups is 1. The van der Waals surface area contributed by atoms with Gasteiger partial charge in [-0.15, -0.1) is 0 Å². The van der Waals surface area contributed by atoms with Crippen LogP contribution in [-0.2, 0) is 16.0 Å². The highest BCUT2D eigenvalue weighted by atomic mass is 35.5. The second-order valence-corrected chi connectivity index (χ2v) is 7.76. The molecule has 1 fully saturated rings. The molecule has 140 valence electrons. The largest absolute Gasteiger partial charge is 0.508 e. The van der Waals surface area contributed by atoms with Crippen molar-refractivity contribution in [3.63, 3.8) is 0 Å². The molecule has 1 heterocycles. The van der Waals surface area contributed by atoms with Gasteiger partial charge in [0.05, 0.1) is 0 Å². The van der Waals surface area contributed by atoms with Crippen molar-refractivity contribution in [1.29, 1.82) is 0 Å². The SMILES string of the molecule is O=C1C[C@@H](c2ccccc2)[C@]2(c3ccc(Cl)cc3)Oc3cc(O)ccc3[C@]12O. The van der Waals surface area contributed by atoms with E-state index in [9.17, 15) is 15.0 Å². The molecule has 1 aliphatic heterocycles. The van der Waals surface area contributed by atoms with E-state index in [1.54, 1.807) is 30.3 Å². The van der Waals surface area contributed by atoms with E-state index in [0.29, 0.717) is 21.9 Å². The number of carbonyl (C=O) groups is 1. The minimum absolute atomic E-state index is 0.0114. The Hall–Kier alpha value is -2.82. The number of ether oxygens (including phenoxy) is 1. The van der Waals surface area contributed by atoms with Gasteiger partial charge in [-0.1, -0.05) is 54.1 Å². The van der Waals surface area contributed by atoms with Crippen LogP contribution >= 0.6 is 11.6 Å². The zero-order valence-electron chi connectivity index (χ0n) is 14.8. The monoisotopic (exact) mass is 392 g/mol. The fraction of sp³-hybridized carbons (Fsp3) is 0.174. The number of Topliss-reactive ketones (excluding diaryl/α,β-unsaturated/α-hetero) is 1. The van der Waals surface area contributed by atoms with Crippen molar-refractivity contribution in [2.45, 2.75) is 23.5 Å². The number of carbonyl (C=O) groups excluding carboxylic acids is 1. The Bertz CT molecular complexity index is 1080. The van der Waals surface area contributed by atoms with Crippen molar-refractivity contribution < 1.29 is 19.7 Å². The minimum Gasteiger partial charge on any atom is -0.508 e. The smallest absolute Gasteiger partial charge is 0.196 e. The molecule has 1 aliphatic carbocycles. The third-order valence-corrected chi connectivity index (χ3v) is 6.17. The lowest BCUT2D eigenvalue weighted by Crippen LogP contribution is -2.50. The average molecular weight is 393 g/mol. The predicted octanol–water partition coefficient (Wildman–Crippen LogP) is 4.28. The molecule has 3 aromatic carbocycles. The molecule has 2 aliphatic rings. The van der Waals surface area contributed by atoms with Gasteiger partial charge in [0.1, 0.15) is 11.5 Å². The Labute approximate surface area is 167 Å². The second kappa shape index (κ2) is 5.84. The first-order chi connectivity index (χ1) is 13.5. The van der Waals surface area contributed by atoms with Gasteiger partial charge >= 0.3 is 0 Å². The molecule has 5 rings (SSSR count). The molecule has 0 amide bonds. The lowest BCUT2D eigenvalue weighted by Gasteiger charge is -2.39. The van der Waals surface area contributed by atoms with Crippen molar-refractivity contribution in [3.05, 3.63) is 94.5 Å². The first-order valence-corrected chi connectivity index (χ1v) is 9.44. The molecule has 0 unspecified atom stereocenters. The van der Waals surface area contributed by atoms with Crippen LogP contribution in [0.2, 0.25) is 5.02 Å². The van der Waals surface area contributed by atoms with E-state index in [0.717, 1.165) is 5.56 Å². The molecule has 0 radical (unpaired) electrons. The van der Waals surface area contributed by atoms with Crippen LogP contribution in [0, 0.1) is 0 Å². The number of phenolic OH excluding ortho intramolecular Hbond substituents is 1. The van der Waals surface area contributed by atoms with Gasteiger partial charge in [0.2, 0.25) is 0 Å². The van der Waals surface area contributed by atoms with E-state index in [1.165, 1.54) is 12.1 Å². The first kappa shape index (κ1) is 17.3. The van der Waals surface area contributed by atoms with Gasteiger partial charge in [-0.05, 0) is 35.4 Å². The van der Waals surface area contributed by atoms with Crippen molar-refractivity contribution in [3.8, 4) is 11.5 Å². The summed E-state index contributed by atoms with van der Waals surface area (Å²) >= 11 is 6.08. The highest BCUT2D eigenvalue weighted by molar-refractivity contribution is 6.30. The van der Waals surface area contributed by atoms with Gasteiger partial charge in [0, 0.05) is 29.0 Å². The van der Waals surface area contributed by atoms with Gasteiger partial charge in [-0.3, -0.25) is 4.79 Å². The van der Waals surface area contributed by atoms with E-state index in [1.807, 2.05) is 30.3 Å². The van der Waals surface area contributed by atoms with Gasteiger partial charge in [0.25, 0.3) is 0 Å². The van der Waals surface area contributed by atoms with Crippen LogP contribution in [0.25, 0.3) is 0 Å². The number of hydrogen-bond donors (Lipinski definition) is 2. The second-order valence-electron chi connectivity index (χ2n) is 7.33. The number of aliphatic hydroxyl groups is 1. The Morgan fingerprint density at radius 1 is 1.00 bits per heavy atom. The number of ketones is 1. The van der Waals surface area contributed by atoms with Crippen LogP contribution in [0.1, 0.15) is 29.0 Å². The Kier molecular flexibility index (Phi) is 3.60. The maximum absolute atomic E-state index is 13.2. The summed E-state index contributed by atoms with van der Waals surface area (Å²) in [4.78, 5) is 13.2. The van der Waals surface area contributed by atoms with Gasteiger partial charge in [-0.2, -0.15) is 0 Å². The number of rotatable bonds is 2. The molecular formula is C23H17ClO4. The molecule has 28 heavy (non-hydrogen) atoms. The van der Waals surface area contributed by atoms with E-state index < -0.39 is 17.1 Å². The van der Waals surface area contributed by atoms with Crippen LogP contribution < -0.4 is 4.74 Å². The van der Waals surface area contributed by atoms with Crippen LogP contribution in [-0.4, -0.2) is 16.0 Å². The molecule has 4 nitrogen and oxygen atoms in total. The summed E-state index contributed by atoms with van der Waals surface area (Å²) in [6.45, 7) is 0. The van der Waals surface area contributed by atoms with Gasteiger partial charge in [0.15, 0.2) is 17.0 Å². The fourth-order valence-electron chi connectivity index (χ4n) is 4.70. The minimum atomic E-state index is -1.86.